The molecule has 0 radical (unpaired) electrons. The highest BCUT2D eigenvalue weighted by Crippen LogP contribution is 2.31. The smallest absolute Gasteiger partial charge is 0.234 e. The molecule has 0 unspecified atom stereocenters. The van der Waals surface area contributed by atoms with Gasteiger partial charge in [-0.1, -0.05) is 77.4 Å². The van der Waals surface area contributed by atoms with Crippen LogP contribution in [0.3, 0.4) is 0 Å². The summed E-state index contributed by atoms with van der Waals surface area (Å²) in [5, 5.41) is 4.14. The molecule has 2 amide bonds. The third-order valence-corrected chi connectivity index (χ3v) is 6.98. The van der Waals surface area contributed by atoms with Crippen LogP contribution in [0.5, 0.6) is 0 Å². The number of aliphatic imine (C=N–C) groups is 1. The molecule has 1 heterocycles. The Morgan fingerprint density at radius 2 is 1.59 bits per heavy atom. The van der Waals surface area contributed by atoms with Crippen LogP contribution in [0.15, 0.2) is 83.9 Å². The molecule has 1 atom stereocenters. The summed E-state index contributed by atoms with van der Waals surface area (Å²) >= 11 is 13.3. The van der Waals surface area contributed by atoms with Crippen LogP contribution in [0.1, 0.15) is 17.5 Å². The van der Waals surface area contributed by atoms with Crippen LogP contribution in [0.4, 0.5) is 5.69 Å². The van der Waals surface area contributed by atoms with E-state index in [2.05, 4.69) is 10.3 Å². The van der Waals surface area contributed by atoms with Crippen molar-refractivity contribution in [3.05, 3.63) is 100 Å². The molecule has 3 aromatic rings. The summed E-state index contributed by atoms with van der Waals surface area (Å²) < 4.78 is 0. The first-order chi connectivity index (χ1) is 16.5. The molecule has 5 nitrogen and oxygen atoms in total. The van der Waals surface area contributed by atoms with E-state index in [9.17, 15) is 9.59 Å². The topological polar surface area (TPSA) is 61.8 Å². The second-order valence-electron chi connectivity index (χ2n) is 7.81. The number of halogens is 2. The van der Waals surface area contributed by atoms with Gasteiger partial charge in [0.25, 0.3) is 0 Å². The molecule has 0 bridgehead atoms. The van der Waals surface area contributed by atoms with E-state index in [-0.39, 0.29) is 18.2 Å². The Balaban J connectivity index is 1.49. The maximum absolute atomic E-state index is 13.1. The molecule has 3 aromatic carbocycles. The SMILES string of the molecule is O=C(NCCc1ccccc1)[C@H]1CC(=O)N(Cc2ccc(Cl)cc2)C(=Nc2ccc(Cl)cc2)S1. The van der Waals surface area contributed by atoms with E-state index in [1.807, 2.05) is 42.5 Å². The number of hydrogen-bond donors (Lipinski definition) is 1. The lowest BCUT2D eigenvalue weighted by molar-refractivity contribution is -0.130. The van der Waals surface area contributed by atoms with E-state index in [4.69, 9.17) is 23.2 Å². The Morgan fingerprint density at radius 3 is 2.26 bits per heavy atom. The number of rotatable bonds is 7. The maximum atomic E-state index is 13.1. The molecule has 0 spiro atoms. The van der Waals surface area contributed by atoms with Crippen LogP contribution in [0.25, 0.3) is 0 Å². The van der Waals surface area contributed by atoms with Gasteiger partial charge >= 0.3 is 0 Å². The molecule has 0 aromatic heterocycles. The van der Waals surface area contributed by atoms with Gasteiger partial charge in [0.2, 0.25) is 11.8 Å². The summed E-state index contributed by atoms with van der Waals surface area (Å²) in [7, 11) is 0. The molecule has 34 heavy (non-hydrogen) atoms. The van der Waals surface area contributed by atoms with Crippen LogP contribution in [0, 0.1) is 0 Å². The number of carbonyl (C=O) groups excluding carboxylic acids is 2. The lowest BCUT2D eigenvalue weighted by Crippen LogP contribution is -2.46. The second kappa shape index (κ2) is 11.6. The Labute approximate surface area is 213 Å². The first-order valence-corrected chi connectivity index (χ1v) is 12.5. The standard InChI is InChI=1S/C26H23Cl2N3O2S/c27-20-8-6-19(7-9-20)17-31-24(32)16-23(25(33)29-15-14-18-4-2-1-3-5-18)34-26(31)30-22-12-10-21(28)11-13-22/h1-13,23H,14-17H2,(H,29,33)/t23-/m1/s1. The minimum Gasteiger partial charge on any atom is -0.355 e. The minimum atomic E-state index is -0.546. The van der Waals surface area contributed by atoms with Crippen LogP contribution in [0.2, 0.25) is 10.0 Å². The Bertz CT molecular complexity index is 1170. The van der Waals surface area contributed by atoms with Gasteiger partial charge in [-0.05, 0) is 53.9 Å². The summed E-state index contributed by atoms with van der Waals surface area (Å²) in [6.07, 6.45) is 0.835. The highest BCUT2D eigenvalue weighted by Gasteiger charge is 2.35. The van der Waals surface area contributed by atoms with Crippen molar-refractivity contribution in [3.8, 4) is 0 Å². The molecular weight excluding hydrogens is 489 g/mol. The van der Waals surface area contributed by atoms with E-state index in [0.29, 0.717) is 34.0 Å². The van der Waals surface area contributed by atoms with Gasteiger partial charge < -0.3 is 5.32 Å². The first-order valence-electron chi connectivity index (χ1n) is 10.9. The maximum Gasteiger partial charge on any atom is 0.234 e. The number of nitrogens with zero attached hydrogens (tertiary/aromatic N) is 2. The third-order valence-electron chi connectivity index (χ3n) is 5.29. The van der Waals surface area contributed by atoms with Crippen LogP contribution < -0.4 is 5.32 Å². The second-order valence-corrected chi connectivity index (χ2v) is 9.86. The van der Waals surface area contributed by atoms with Gasteiger partial charge in [0.1, 0.15) is 0 Å². The quantitative estimate of drug-likeness (QED) is 0.431. The van der Waals surface area contributed by atoms with Gasteiger partial charge in [0.15, 0.2) is 5.17 Å². The van der Waals surface area contributed by atoms with Crippen molar-refractivity contribution in [2.24, 2.45) is 4.99 Å². The number of thioether (sulfide) groups is 1. The number of amides is 2. The zero-order valence-electron chi connectivity index (χ0n) is 18.3. The molecule has 1 fully saturated rings. The number of nitrogens with one attached hydrogen (secondary N) is 1. The molecular formula is C26H23Cl2N3O2S. The lowest BCUT2D eigenvalue weighted by Gasteiger charge is -2.32. The molecule has 0 aliphatic carbocycles. The summed E-state index contributed by atoms with van der Waals surface area (Å²) in [6, 6.07) is 24.3. The molecule has 174 valence electrons. The number of carbonyl (C=O) groups is 2. The van der Waals surface area contributed by atoms with Gasteiger partial charge in [0.05, 0.1) is 17.5 Å². The van der Waals surface area contributed by atoms with Gasteiger partial charge in [-0.2, -0.15) is 0 Å². The fourth-order valence-electron chi connectivity index (χ4n) is 3.48. The van der Waals surface area contributed by atoms with Crippen molar-refractivity contribution in [1.29, 1.82) is 0 Å². The average Bonchev–Trinajstić information content (AvgIpc) is 2.84. The summed E-state index contributed by atoms with van der Waals surface area (Å²) in [4.78, 5) is 32.3. The average molecular weight is 512 g/mol. The summed E-state index contributed by atoms with van der Waals surface area (Å²) in [5.74, 6) is -0.311. The minimum absolute atomic E-state index is 0.106. The van der Waals surface area contributed by atoms with E-state index in [1.165, 1.54) is 11.8 Å². The van der Waals surface area contributed by atoms with Crippen LogP contribution in [-0.4, -0.2) is 33.7 Å². The van der Waals surface area contributed by atoms with E-state index in [1.54, 1.807) is 41.3 Å². The molecule has 0 saturated carbocycles. The van der Waals surface area contributed by atoms with Gasteiger partial charge in [-0.15, -0.1) is 0 Å². The largest absolute Gasteiger partial charge is 0.355 e. The van der Waals surface area contributed by atoms with E-state index >= 15 is 0 Å². The molecule has 1 aliphatic heterocycles. The van der Waals surface area contributed by atoms with Crippen molar-refractivity contribution in [2.75, 3.05) is 6.54 Å². The summed E-state index contributed by atoms with van der Waals surface area (Å²) in [5.41, 5.74) is 2.73. The number of amidine groups is 1. The van der Waals surface area contributed by atoms with Crippen molar-refractivity contribution < 1.29 is 9.59 Å². The van der Waals surface area contributed by atoms with Crippen molar-refractivity contribution in [2.45, 2.75) is 24.6 Å². The van der Waals surface area contributed by atoms with E-state index < -0.39 is 5.25 Å². The predicted molar refractivity (Wildman–Crippen MR) is 140 cm³/mol. The Morgan fingerprint density at radius 1 is 0.941 bits per heavy atom. The summed E-state index contributed by atoms with van der Waals surface area (Å²) in [6.45, 7) is 0.851. The highest BCUT2D eigenvalue weighted by molar-refractivity contribution is 8.15. The van der Waals surface area contributed by atoms with Crippen molar-refractivity contribution in [3.63, 3.8) is 0 Å². The zero-order chi connectivity index (χ0) is 23.9. The van der Waals surface area contributed by atoms with Gasteiger partial charge in [-0.25, -0.2) is 4.99 Å². The normalized spacial score (nSPS) is 17.1. The Hall–Kier alpha value is -2.80. The monoisotopic (exact) mass is 511 g/mol. The first kappa shape index (κ1) is 24.3. The van der Waals surface area contributed by atoms with Crippen LogP contribution in [-0.2, 0) is 22.6 Å². The predicted octanol–water partition coefficient (Wildman–Crippen LogP) is 5.87. The fourth-order valence-corrected chi connectivity index (χ4v) is 4.86. The Kier molecular flexibility index (Phi) is 8.27. The van der Waals surface area contributed by atoms with Gasteiger partial charge in [-0.3, -0.25) is 14.5 Å². The molecule has 1 aliphatic rings. The molecule has 1 saturated heterocycles. The molecule has 4 rings (SSSR count). The lowest BCUT2D eigenvalue weighted by atomic mass is 10.1. The number of hydrogen-bond acceptors (Lipinski definition) is 4. The number of benzene rings is 3. The fraction of sp³-hybridized carbons (Fsp3) is 0.192. The molecule has 8 heteroatoms. The highest BCUT2D eigenvalue weighted by atomic mass is 35.5. The zero-order valence-corrected chi connectivity index (χ0v) is 20.6. The van der Waals surface area contributed by atoms with Gasteiger partial charge in [0, 0.05) is 23.0 Å². The van der Waals surface area contributed by atoms with Crippen molar-refractivity contribution >= 4 is 57.6 Å². The van der Waals surface area contributed by atoms with Crippen molar-refractivity contribution in [1.82, 2.24) is 10.2 Å². The molecule has 1 N–H and O–H groups in total. The van der Waals surface area contributed by atoms with Crippen LogP contribution >= 0.6 is 35.0 Å². The van der Waals surface area contributed by atoms with E-state index in [0.717, 1.165) is 17.5 Å². The third kappa shape index (κ3) is 6.63.